The molecule has 0 atom stereocenters. The second-order valence-corrected chi connectivity index (χ2v) is 8.63. The Morgan fingerprint density at radius 2 is 1.86 bits per heavy atom. The summed E-state index contributed by atoms with van der Waals surface area (Å²) in [7, 11) is -2.23. The van der Waals surface area contributed by atoms with Crippen LogP contribution in [0, 0.1) is 0 Å². The number of carbonyl (C=O) groups is 1. The molecule has 1 amide bonds. The maximum Gasteiger partial charge on any atom is 0.294 e. The highest BCUT2D eigenvalue weighted by Gasteiger charge is 2.29. The number of fused-ring (bicyclic) bond motifs is 1. The SMILES string of the molecule is CC1=NN(c2ccc(S(=O)(=O)O)cc2)C(=O)C1=Cc1cccc2c1N(C)CCC2. The minimum atomic E-state index is -4.29. The smallest absolute Gasteiger partial charge is 0.294 e. The topological polar surface area (TPSA) is 90.3 Å². The van der Waals surface area contributed by atoms with E-state index in [0.717, 1.165) is 30.6 Å². The lowest BCUT2D eigenvalue weighted by atomic mass is 9.96. The van der Waals surface area contributed by atoms with E-state index in [9.17, 15) is 13.2 Å². The van der Waals surface area contributed by atoms with Gasteiger partial charge < -0.3 is 4.90 Å². The van der Waals surface area contributed by atoms with Gasteiger partial charge in [0.05, 0.1) is 21.9 Å². The van der Waals surface area contributed by atoms with Gasteiger partial charge in [0, 0.05) is 19.3 Å². The molecule has 0 unspecified atom stereocenters. The Bertz CT molecular complexity index is 1150. The van der Waals surface area contributed by atoms with Crippen LogP contribution in [0.5, 0.6) is 0 Å². The molecule has 2 aromatic rings. The van der Waals surface area contributed by atoms with E-state index in [4.69, 9.17) is 4.55 Å². The molecule has 7 nitrogen and oxygen atoms in total. The van der Waals surface area contributed by atoms with Crippen molar-refractivity contribution in [3.8, 4) is 0 Å². The van der Waals surface area contributed by atoms with Crippen molar-refractivity contribution >= 4 is 39.2 Å². The Hall–Kier alpha value is -2.97. The van der Waals surface area contributed by atoms with E-state index in [2.05, 4.69) is 23.1 Å². The standard InChI is InChI=1S/C21H21N3O4S/c1-14-19(13-16-6-3-5-15-7-4-12-23(2)20(15)16)21(25)24(22-14)17-8-10-18(11-9-17)29(26,27)28/h3,5-6,8-11,13H,4,7,12H2,1-2H3,(H,26,27,28). The number of hydrazone groups is 1. The lowest BCUT2D eigenvalue weighted by Crippen LogP contribution is -2.25. The normalized spacial score (nSPS) is 18.2. The van der Waals surface area contributed by atoms with Crippen molar-refractivity contribution in [2.75, 3.05) is 23.5 Å². The van der Waals surface area contributed by atoms with Crippen LogP contribution in [0.25, 0.3) is 6.08 Å². The van der Waals surface area contributed by atoms with Crippen LogP contribution in [0.15, 0.2) is 58.0 Å². The van der Waals surface area contributed by atoms with Crippen LogP contribution in [-0.4, -0.2) is 38.2 Å². The maximum absolute atomic E-state index is 13.0. The summed E-state index contributed by atoms with van der Waals surface area (Å²) >= 11 is 0. The van der Waals surface area contributed by atoms with Gasteiger partial charge >= 0.3 is 0 Å². The lowest BCUT2D eigenvalue weighted by Gasteiger charge is -2.29. The van der Waals surface area contributed by atoms with E-state index in [0.29, 0.717) is 17.0 Å². The van der Waals surface area contributed by atoms with Crippen molar-refractivity contribution in [2.45, 2.75) is 24.7 Å². The zero-order valence-corrected chi connectivity index (χ0v) is 17.0. The fourth-order valence-corrected chi connectivity index (χ4v) is 4.27. The van der Waals surface area contributed by atoms with Crippen molar-refractivity contribution in [1.29, 1.82) is 0 Å². The average molecular weight is 411 g/mol. The molecule has 0 spiro atoms. The van der Waals surface area contributed by atoms with Crippen molar-refractivity contribution in [3.05, 3.63) is 59.2 Å². The molecule has 8 heteroatoms. The van der Waals surface area contributed by atoms with Gasteiger partial charge in [0.2, 0.25) is 0 Å². The Kier molecular flexibility index (Phi) is 4.76. The number of carbonyl (C=O) groups excluding carboxylic acids is 1. The van der Waals surface area contributed by atoms with Crippen LogP contribution >= 0.6 is 0 Å². The summed E-state index contributed by atoms with van der Waals surface area (Å²) < 4.78 is 31.5. The molecule has 0 saturated heterocycles. The van der Waals surface area contributed by atoms with E-state index in [1.54, 1.807) is 6.92 Å². The summed E-state index contributed by atoms with van der Waals surface area (Å²) in [6, 6.07) is 11.5. The van der Waals surface area contributed by atoms with Crippen LogP contribution in [0.1, 0.15) is 24.5 Å². The molecule has 0 aromatic heterocycles. The number of anilines is 2. The zero-order chi connectivity index (χ0) is 20.8. The maximum atomic E-state index is 13.0. The van der Waals surface area contributed by atoms with Crippen molar-refractivity contribution in [1.82, 2.24) is 0 Å². The fraction of sp³-hybridized carbons (Fsp3) is 0.238. The van der Waals surface area contributed by atoms with Gasteiger partial charge in [0.15, 0.2) is 0 Å². The molecular formula is C21H21N3O4S. The third-order valence-corrected chi connectivity index (χ3v) is 6.08. The fourth-order valence-electron chi connectivity index (χ4n) is 3.79. The molecule has 2 aliphatic rings. The zero-order valence-electron chi connectivity index (χ0n) is 16.2. The summed E-state index contributed by atoms with van der Waals surface area (Å²) in [6.45, 7) is 2.75. The van der Waals surface area contributed by atoms with E-state index >= 15 is 0 Å². The van der Waals surface area contributed by atoms with Gasteiger partial charge in [0.1, 0.15) is 0 Å². The molecule has 1 N–H and O–H groups in total. The number of amides is 1. The van der Waals surface area contributed by atoms with Gasteiger partial charge in [-0.3, -0.25) is 9.35 Å². The highest BCUT2D eigenvalue weighted by atomic mass is 32.2. The number of para-hydroxylation sites is 1. The van der Waals surface area contributed by atoms with Crippen molar-refractivity contribution in [3.63, 3.8) is 0 Å². The largest absolute Gasteiger partial charge is 0.374 e. The predicted molar refractivity (Wildman–Crippen MR) is 113 cm³/mol. The predicted octanol–water partition coefficient (Wildman–Crippen LogP) is 3.12. The number of nitrogens with zero attached hydrogens (tertiary/aromatic N) is 3. The van der Waals surface area contributed by atoms with Gasteiger partial charge in [-0.1, -0.05) is 18.2 Å². The van der Waals surface area contributed by atoms with E-state index in [1.807, 2.05) is 18.2 Å². The Morgan fingerprint density at radius 1 is 1.14 bits per heavy atom. The number of hydrogen-bond donors (Lipinski definition) is 1. The van der Waals surface area contributed by atoms with E-state index < -0.39 is 10.1 Å². The van der Waals surface area contributed by atoms with Gasteiger partial charge in [-0.2, -0.15) is 18.5 Å². The number of benzene rings is 2. The molecule has 29 heavy (non-hydrogen) atoms. The summed E-state index contributed by atoms with van der Waals surface area (Å²) in [5.41, 5.74) is 4.90. The molecule has 0 aliphatic carbocycles. The Balaban J connectivity index is 1.69. The monoisotopic (exact) mass is 411 g/mol. The minimum Gasteiger partial charge on any atom is -0.374 e. The Morgan fingerprint density at radius 3 is 2.55 bits per heavy atom. The molecule has 0 fully saturated rings. The highest BCUT2D eigenvalue weighted by molar-refractivity contribution is 7.85. The number of aryl methyl sites for hydroxylation is 1. The second kappa shape index (κ2) is 7.13. The summed E-state index contributed by atoms with van der Waals surface area (Å²) in [6.07, 6.45) is 3.99. The van der Waals surface area contributed by atoms with Crippen molar-refractivity contribution in [2.24, 2.45) is 5.10 Å². The summed E-state index contributed by atoms with van der Waals surface area (Å²) in [5.74, 6) is -0.279. The van der Waals surface area contributed by atoms with Crippen LogP contribution in [0.4, 0.5) is 11.4 Å². The first-order valence-electron chi connectivity index (χ1n) is 9.28. The third-order valence-electron chi connectivity index (χ3n) is 5.21. The molecular weight excluding hydrogens is 390 g/mol. The minimum absolute atomic E-state index is 0.233. The molecule has 4 rings (SSSR count). The van der Waals surface area contributed by atoms with Gasteiger partial charge in [-0.25, -0.2) is 0 Å². The molecule has 2 aliphatic heterocycles. The first-order chi connectivity index (χ1) is 13.8. The Labute approximate surface area is 169 Å². The van der Waals surface area contributed by atoms with Gasteiger partial charge in [-0.15, -0.1) is 0 Å². The third kappa shape index (κ3) is 3.56. The molecule has 0 saturated carbocycles. The lowest BCUT2D eigenvalue weighted by molar-refractivity contribution is -0.114. The molecule has 150 valence electrons. The molecule has 2 heterocycles. The first-order valence-corrected chi connectivity index (χ1v) is 10.7. The van der Waals surface area contributed by atoms with Crippen LogP contribution in [-0.2, 0) is 21.3 Å². The van der Waals surface area contributed by atoms with E-state index in [-0.39, 0.29) is 10.8 Å². The summed E-state index contributed by atoms with van der Waals surface area (Å²) in [4.78, 5) is 15.0. The van der Waals surface area contributed by atoms with E-state index in [1.165, 1.54) is 34.8 Å². The summed E-state index contributed by atoms with van der Waals surface area (Å²) in [5, 5.41) is 5.59. The molecule has 0 radical (unpaired) electrons. The van der Waals surface area contributed by atoms with Crippen LogP contribution in [0.2, 0.25) is 0 Å². The average Bonchev–Trinajstić information content (AvgIpc) is 2.96. The van der Waals surface area contributed by atoms with Gasteiger partial charge in [-0.05, 0) is 61.2 Å². The first kappa shape index (κ1) is 19.4. The van der Waals surface area contributed by atoms with Gasteiger partial charge in [0.25, 0.3) is 16.0 Å². The quantitative estimate of drug-likeness (QED) is 0.619. The number of rotatable bonds is 3. The molecule has 0 bridgehead atoms. The highest BCUT2D eigenvalue weighted by Crippen LogP contribution is 2.33. The number of hydrogen-bond acceptors (Lipinski definition) is 5. The van der Waals surface area contributed by atoms with Crippen LogP contribution < -0.4 is 9.91 Å². The van der Waals surface area contributed by atoms with Crippen molar-refractivity contribution < 1.29 is 17.8 Å². The molecule has 2 aromatic carbocycles. The van der Waals surface area contributed by atoms with Crippen LogP contribution in [0.3, 0.4) is 0 Å². The second-order valence-electron chi connectivity index (χ2n) is 7.21.